The number of carbonyl (C=O) groups excluding carboxylic acids is 2. The Hall–Kier alpha value is -2.82. The first-order chi connectivity index (χ1) is 13.2. The van der Waals surface area contributed by atoms with Crippen LogP contribution in [0.3, 0.4) is 0 Å². The van der Waals surface area contributed by atoms with Crippen molar-refractivity contribution in [3.05, 3.63) is 59.7 Å². The Morgan fingerprint density at radius 2 is 1.56 bits per heavy atom. The topological polar surface area (TPSA) is 55.8 Å². The van der Waals surface area contributed by atoms with Gasteiger partial charge in [0.25, 0.3) is 0 Å². The molecule has 2 aromatic rings. The summed E-state index contributed by atoms with van der Waals surface area (Å²) >= 11 is 0. The zero-order valence-electron chi connectivity index (χ0n) is 15.4. The number of rotatable bonds is 6. The van der Waals surface area contributed by atoms with E-state index in [9.17, 15) is 9.59 Å². The van der Waals surface area contributed by atoms with Crippen LogP contribution in [0.1, 0.15) is 36.8 Å². The van der Waals surface area contributed by atoms with Crippen molar-refractivity contribution in [1.29, 1.82) is 0 Å². The van der Waals surface area contributed by atoms with Crippen LogP contribution in [0.2, 0.25) is 0 Å². The fourth-order valence-electron chi connectivity index (χ4n) is 3.75. The van der Waals surface area contributed by atoms with E-state index in [1.54, 1.807) is 6.92 Å². The molecule has 2 aromatic carbocycles. The SMILES string of the molecule is CCOC(=O)CN(C(=O)OCC1c2ccccc2-c2ccccc21)C1CC1. The molecule has 1 saturated carbocycles. The van der Waals surface area contributed by atoms with Crippen molar-refractivity contribution >= 4 is 12.1 Å². The number of amides is 1. The molecule has 5 heteroatoms. The molecule has 4 rings (SSSR count). The van der Waals surface area contributed by atoms with Crippen molar-refractivity contribution < 1.29 is 19.1 Å². The van der Waals surface area contributed by atoms with Gasteiger partial charge in [-0.2, -0.15) is 0 Å². The summed E-state index contributed by atoms with van der Waals surface area (Å²) in [5.41, 5.74) is 4.74. The molecule has 2 aliphatic rings. The fraction of sp³-hybridized carbons (Fsp3) is 0.364. The minimum atomic E-state index is -0.438. The van der Waals surface area contributed by atoms with Crippen molar-refractivity contribution in [2.45, 2.75) is 31.7 Å². The number of ether oxygens (including phenoxy) is 2. The van der Waals surface area contributed by atoms with Crippen LogP contribution in [0.25, 0.3) is 11.1 Å². The summed E-state index contributed by atoms with van der Waals surface area (Å²) in [5, 5.41) is 0. The molecule has 0 aliphatic heterocycles. The van der Waals surface area contributed by atoms with Crippen LogP contribution in [0.4, 0.5) is 4.79 Å². The smallest absolute Gasteiger partial charge is 0.410 e. The normalized spacial score (nSPS) is 15.0. The number of nitrogens with zero attached hydrogens (tertiary/aromatic N) is 1. The molecular formula is C22H23NO4. The van der Waals surface area contributed by atoms with Crippen LogP contribution in [-0.4, -0.2) is 42.8 Å². The highest BCUT2D eigenvalue weighted by molar-refractivity contribution is 5.80. The maximum atomic E-state index is 12.6. The van der Waals surface area contributed by atoms with Gasteiger partial charge in [0, 0.05) is 12.0 Å². The number of benzene rings is 2. The molecule has 5 nitrogen and oxygen atoms in total. The van der Waals surface area contributed by atoms with Gasteiger partial charge in [-0.1, -0.05) is 48.5 Å². The second-order valence-electron chi connectivity index (χ2n) is 6.97. The highest BCUT2D eigenvalue weighted by Gasteiger charge is 2.36. The van der Waals surface area contributed by atoms with Crippen LogP contribution in [0, 0.1) is 0 Å². The minimum Gasteiger partial charge on any atom is -0.465 e. The molecule has 2 aliphatic carbocycles. The standard InChI is InChI=1S/C22H23NO4/c1-2-26-21(24)13-23(15-11-12-15)22(25)27-14-20-18-9-5-3-7-16(18)17-8-4-6-10-19(17)20/h3-10,15,20H,2,11-14H2,1H3. The van der Waals surface area contributed by atoms with Crippen molar-refractivity contribution in [3.63, 3.8) is 0 Å². The van der Waals surface area contributed by atoms with Gasteiger partial charge in [-0.25, -0.2) is 4.79 Å². The third-order valence-corrected chi connectivity index (χ3v) is 5.16. The van der Waals surface area contributed by atoms with E-state index in [0.717, 1.165) is 12.8 Å². The predicted octanol–water partition coefficient (Wildman–Crippen LogP) is 3.96. The van der Waals surface area contributed by atoms with Crippen LogP contribution in [-0.2, 0) is 14.3 Å². The second-order valence-corrected chi connectivity index (χ2v) is 6.97. The van der Waals surface area contributed by atoms with Gasteiger partial charge >= 0.3 is 12.1 Å². The van der Waals surface area contributed by atoms with E-state index in [0.29, 0.717) is 6.61 Å². The second kappa shape index (κ2) is 7.43. The van der Waals surface area contributed by atoms with Crippen molar-refractivity contribution in [2.75, 3.05) is 19.8 Å². The van der Waals surface area contributed by atoms with Crippen LogP contribution >= 0.6 is 0 Å². The number of fused-ring (bicyclic) bond motifs is 3. The summed E-state index contributed by atoms with van der Waals surface area (Å²) in [4.78, 5) is 26.0. The average Bonchev–Trinajstić information content (AvgIpc) is 3.47. The molecule has 0 aromatic heterocycles. The first-order valence-corrected chi connectivity index (χ1v) is 9.46. The molecule has 1 fully saturated rings. The summed E-state index contributed by atoms with van der Waals surface area (Å²) in [6.45, 7) is 2.28. The predicted molar refractivity (Wildman–Crippen MR) is 101 cm³/mol. The van der Waals surface area contributed by atoms with Gasteiger partial charge < -0.3 is 9.47 Å². The first kappa shape index (κ1) is 17.6. The van der Waals surface area contributed by atoms with E-state index in [1.807, 2.05) is 24.3 Å². The summed E-state index contributed by atoms with van der Waals surface area (Å²) < 4.78 is 10.6. The highest BCUT2D eigenvalue weighted by atomic mass is 16.6. The Balaban J connectivity index is 1.48. The van der Waals surface area contributed by atoms with E-state index >= 15 is 0 Å². The Kier molecular flexibility index (Phi) is 4.84. The zero-order valence-corrected chi connectivity index (χ0v) is 15.4. The Bertz CT molecular complexity index is 813. The van der Waals surface area contributed by atoms with Gasteiger partial charge in [-0.3, -0.25) is 9.69 Å². The lowest BCUT2D eigenvalue weighted by Gasteiger charge is -2.22. The summed E-state index contributed by atoms with van der Waals surface area (Å²) in [5.74, 6) is -0.372. The molecule has 0 N–H and O–H groups in total. The monoisotopic (exact) mass is 365 g/mol. The number of hydrogen-bond donors (Lipinski definition) is 0. The fourth-order valence-corrected chi connectivity index (χ4v) is 3.75. The maximum Gasteiger partial charge on any atom is 0.410 e. The molecule has 0 unspecified atom stereocenters. The number of esters is 1. The molecule has 140 valence electrons. The Morgan fingerprint density at radius 1 is 0.963 bits per heavy atom. The van der Waals surface area contributed by atoms with Gasteiger partial charge in [0.05, 0.1) is 6.61 Å². The number of carbonyl (C=O) groups is 2. The lowest BCUT2D eigenvalue weighted by molar-refractivity contribution is -0.144. The van der Waals surface area contributed by atoms with Gasteiger partial charge in [0.2, 0.25) is 0 Å². The van der Waals surface area contributed by atoms with Crippen molar-refractivity contribution in [1.82, 2.24) is 4.90 Å². The van der Waals surface area contributed by atoms with E-state index < -0.39 is 12.1 Å². The summed E-state index contributed by atoms with van der Waals surface area (Å²) in [6.07, 6.45) is 1.38. The molecule has 0 bridgehead atoms. The molecule has 27 heavy (non-hydrogen) atoms. The van der Waals surface area contributed by atoms with Crippen LogP contribution < -0.4 is 0 Å². The third kappa shape index (κ3) is 3.54. The summed E-state index contributed by atoms with van der Waals surface area (Å²) in [6, 6.07) is 16.5. The molecule has 0 heterocycles. The van der Waals surface area contributed by atoms with Gasteiger partial charge in [0.15, 0.2) is 0 Å². The van der Waals surface area contributed by atoms with Crippen LogP contribution in [0.15, 0.2) is 48.5 Å². The van der Waals surface area contributed by atoms with E-state index in [2.05, 4.69) is 24.3 Å². The molecular weight excluding hydrogens is 342 g/mol. The molecule has 0 spiro atoms. The number of hydrogen-bond acceptors (Lipinski definition) is 4. The lowest BCUT2D eigenvalue weighted by atomic mass is 9.98. The first-order valence-electron chi connectivity index (χ1n) is 9.46. The van der Waals surface area contributed by atoms with Gasteiger partial charge in [0.1, 0.15) is 13.2 Å². The highest BCUT2D eigenvalue weighted by Crippen LogP contribution is 2.44. The zero-order chi connectivity index (χ0) is 18.8. The minimum absolute atomic E-state index is 0.0185. The maximum absolute atomic E-state index is 12.6. The summed E-state index contributed by atoms with van der Waals surface area (Å²) in [7, 11) is 0. The molecule has 1 amide bonds. The van der Waals surface area contributed by atoms with Crippen molar-refractivity contribution in [3.8, 4) is 11.1 Å². The third-order valence-electron chi connectivity index (χ3n) is 5.16. The van der Waals surface area contributed by atoms with E-state index in [4.69, 9.17) is 9.47 Å². The quantitative estimate of drug-likeness (QED) is 0.727. The van der Waals surface area contributed by atoms with Gasteiger partial charge in [-0.15, -0.1) is 0 Å². The Morgan fingerprint density at radius 3 is 2.11 bits per heavy atom. The largest absolute Gasteiger partial charge is 0.465 e. The van der Waals surface area contributed by atoms with E-state index in [-0.39, 0.29) is 25.1 Å². The average molecular weight is 365 g/mol. The van der Waals surface area contributed by atoms with Gasteiger partial charge in [-0.05, 0) is 42.0 Å². The molecule has 0 atom stereocenters. The lowest BCUT2D eigenvalue weighted by Crippen LogP contribution is -2.39. The molecule has 0 saturated heterocycles. The van der Waals surface area contributed by atoms with E-state index in [1.165, 1.54) is 27.2 Å². The Labute approximate surface area is 158 Å². The van der Waals surface area contributed by atoms with Crippen LogP contribution in [0.5, 0.6) is 0 Å². The molecule has 0 radical (unpaired) electrons. The van der Waals surface area contributed by atoms with Crippen molar-refractivity contribution in [2.24, 2.45) is 0 Å².